The molecular formula is C20H24BN5O6S. The standard InChI is InChI=1S/C20H24BN5O6S/c1-26(4-2-3-5-26)9-11-6-12-8-15(21(30)32-17(12)13(7-11)19(28)29)24-18(27)16(25-31)14-10-33-20(22)23-14/h6-7,10,15,30H,2-5,8-9H2,1H3,(H4-,22,23,24,27,28,29,31). The number of nitrogen functional groups attached to an aromatic ring is 1. The van der Waals surface area contributed by atoms with Crippen LogP contribution in [0, 0.1) is 0 Å². The van der Waals surface area contributed by atoms with Gasteiger partial charge < -0.3 is 40.3 Å². The van der Waals surface area contributed by atoms with Crippen LogP contribution in [0.1, 0.15) is 40.0 Å². The second kappa shape index (κ2) is 9.00. The predicted molar refractivity (Wildman–Crippen MR) is 119 cm³/mol. The molecule has 1 aromatic carbocycles. The van der Waals surface area contributed by atoms with Crippen molar-refractivity contribution in [1.29, 1.82) is 0 Å². The molecule has 0 radical (unpaired) electrons. The second-order valence-electron chi connectivity index (χ2n) is 8.66. The fraction of sp³-hybridized carbons (Fsp3) is 0.400. The number of nitrogens with two attached hydrogens (primary N) is 1. The Bertz CT molecular complexity index is 1120. The van der Waals surface area contributed by atoms with E-state index < -0.39 is 24.9 Å². The zero-order valence-electron chi connectivity index (χ0n) is 18.0. The molecule has 11 nitrogen and oxygen atoms in total. The number of carbonyl (C=O) groups is 2. The quantitative estimate of drug-likeness (QED) is 0.138. The summed E-state index contributed by atoms with van der Waals surface area (Å²) in [6, 6.07) is 3.38. The van der Waals surface area contributed by atoms with Gasteiger partial charge in [-0.15, -0.1) is 11.3 Å². The smallest absolute Gasteiger partial charge is 0.545 e. The van der Waals surface area contributed by atoms with Crippen molar-refractivity contribution in [3.05, 3.63) is 39.9 Å². The molecule has 13 heteroatoms. The lowest BCUT2D eigenvalue weighted by Gasteiger charge is -2.32. The lowest BCUT2D eigenvalue weighted by molar-refractivity contribution is -0.910. The van der Waals surface area contributed by atoms with Crippen LogP contribution in [0.25, 0.3) is 0 Å². The summed E-state index contributed by atoms with van der Waals surface area (Å²) in [6.45, 7) is 2.67. The van der Waals surface area contributed by atoms with Gasteiger partial charge in [0.15, 0.2) is 10.8 Å². The van der Waals surface area contributed by atoms with Crippen molar-refractivity contribution < 1.29 is 34.1 Å². The maximum atomic E-state index is 12.7. The largest absolute Gasteiger partial charge is 0.547 e. The van der Waals surface area contributed by atoms with E-state index in [0.29, 0.717) is 12.1 Å². The highest BCUT2D eigenvalue weighted by molar-refractivity contribution is 7.13. The molecule has 1 fully saturated rings. The molecule has 174 valence electrons. The SMILES string of the molecule is C[N+]1(Cc2cc3c(c(C(=O)[O-])c2)OB(O)C(NC(=O)C(=NO)c2csc(N)n2)C3)CCCC1. The molecule has 0 bridgehead atoms. The summed E-state index contributed by atoms with van der Waals surface area (Å²) in [6.07, 6.45) is 2.35. The molecule has 0 spiro atoms. The van der Waals surface area contributed by atoms with Crippen LogP contribution in [0.3, 0.4) is 0 Å². The van der Waals surface area contributed by atoms with E-state index in [9.17, 15) is 24.9 Å². The Morgan fingerprint density at radius 3 is 2.76 bits per heavy atom. The third kappa shape index (κ3) is 4.79. The van der Waals surface area contributed by atoms with Crippen LogP contribution in [0.2, 0.25) is 0 Å². The van der Waals surface area contributed by atoms with Crippen molar-refractivity contribution >= 4 is 41.2 Å². The molecule has 1 atom stereocenters. The number of amides is 1. The fourth-order valence-electron chi connectivity index (χ4n) is 4.50. The number of thiazole rings is 1. The van der Waals surface area contributed by atoms with Gasteiger partial charge in [0, 0.05) is 29.3 Å². The Morgan fingerprint density at radius 1 is 1.42 bits per heavy atom. The van der Waals surface area contributed by atoms with E-state index in [-0.39, 0.29) is 34.3 Å². The van der Waals surface area contributed by atoms with Crippen LogP contribution in [0.5, 0.6) is 5.75 Å². The van der Waals surface area contributed by atoms with Crippen LogP contribution in [-0.2, 0) is 17.8 Å². The number of aromatic nitrogens is 1. The molecule has 33 heavy (non-hydrogen) atoms. The number of carboxylic acids is 1. The van der Waals surface area contributed by atoms with E-state index in [2.05, 4.69) is 22.5 Å². The molecule has 4 rings (SSSR count). The third-order valence-corrected chi connectivity index (χ3v) is 6.75. The first kappa shape index (κ1) is 23.0. The number of hydrogen-bond donors (Lipinski definition) is 4. The van der Waals surface area contributed by atoms with Gasteiger partial charge in [-0.1, -0.05) is 5.16 Å². The molecule has 1 amide bonds. The average molecular weight is 473 g/mol. The van der Waals surface area contributed by atoms with Crippen LogP contribution in [-0.4, -0.2) is 70.5 Å². The summed E-state index contributed by atoms with van der Waals surface area (Å²) in [7, 11) is 0.615. The number of oxime groups is 1. The normalized spacial score (nSPS) is 19.6. The van der Waals surface area contributed by atoms with E-state index in [0.717, 1.165) is 47.3 Å². The number of nitrogens with one attached hydrogen (secondary N) is 1. The van der Waals surface area contributed by atoms with Gasteiger partial charge in [-0.05, 0) is 24.1 Å². The summed E-state index contributed by atoms with van der Waals surface area (Å²) in [5.74, 6) is -3.07. The second-order valence-corrected chi connectivity index (χ2v) is 9.55. The minimum absolute atomic E-state index is 0.0316. The number of carboxylic acid groups (broad SMARTS) is 1. The minimum Gasteiger partial charge on any atom is -0.545 e. The van der Waals surface area contributed by atoms with Crippen LogP contribution >= 0.6 is 11.3 Å². The summed E-state index contributed by atoms with van der Waals surface area (Å²) >= 11 is 1.08. The van der Waals surface area contributed by atoms with Crippen molar-refractivity contribution in [1.82, 2.24) is 10.3 Å². The van der Waals surface area contributed by atoms with Crippen LogP contribution in [0.15, 0.2) is 22.7 Å². The van der Waals surface area contributed by atoms with Gasteiger partial charge in [0.05, 0.1) is 32.0 Å². The van der Waals surface area contributed by atoms with Gasteiger partial charge in [0.2, 0.25) is 0 Å². The van der Waals surface area contributed by atoms with Gasteiger partial charge in [-0.25, -0.2) is 4.98 Å². The highest BCUT2D eigenvalue weighted by Crippen LogP contribution is 2.33. The van der Waals surface area contributed by atoms with E-state index in [1.165, 1.54) is 11.4 Å². The van der Waals surface area contributed by atoms with Gasteiger partial charge in [-0.2, -0.15) is 0 Å². The summed E-state index contributed by atoms with van der Waals surface area (Å²) in [5, 5.41) is 38.8. The van der Waals surface area contributed by atoms with Gasteiger partial charge in [0.25, 0.3) is 5.91 Å². The summed E-state index contributed by atoms with van der Waals surface area (Å²) in [5.41, 5.74) is 6.52. The Balaban J connectivity index is 1.58. The molecule has 1 saturated heterocycles. The number of fused-ring (bicyclic) bond motifs is 1. The number of quaternary nitrogens is 1. The highest BCUT2D eigenvalue weighted by atomic mass is 32.1. The topological polar surface area (TPSA) is 170 Å². The molecule has 2 aliphatic heterocycles. The Hall–Kier alpha value is -3.16. The molecule has 1 aromatic heterocycles. The van der Waals surface area contributed by atoms with Gasteiger partial charge in [0.1, 0.15) is 18.0 Å². The number of aromatic carboxylic acids is 1. The first-order valence-electron chi connectivity index (χ1n) is 10.5. The molecule has 0 aliphatic carbocycles. The summed E-state index contributed by atoms with van der Waals surface area (Å²) < 4.78 is 6.30. The number of nitrogens with zero attached hydrogens (tertiary/aromatic N) is 3. The van der Waals surface area contributed by atoms with Gasteiger partial charge >= 0.3 is 7.12 Å². The van der Waals surface area contributed by atoms with Crippen molar-refractivity contribution in [3.8, 4) is 5.75 Å². The molecule has 2 aromatic rings. The van der Waals surface area contributed by atoms with E-state index in [1.807, 2.05) is 6.07 Å². The first-order valence-corrected chi connectivity index (χ1v) is 11.4. The molecule has 0 saturated carbocycles. The number of anilines is 1. The Labute approximate surface area is 194 Å². The van der Waals surface area contributed by atoms with Crippen molar-refractivity contribution in [2.45, 2.75) is 31.7 Å². The van der Waals surface area contributed by atoms with E-state index in [1.54, 1.807) is 0 Å². The zero-order chi connectivity index (χ0) is 23.8. The molecule has 3 heterocycles. The minimum atomic E-state index is -1.52. The van der Waals surface area contributed by atoms with E-state index >= 15 is 0 Å². The lowest BCUT2D eigenvalue weighted by Crippen LogP contribution is -2.54. The molecule has 1 unspecified atom stereocenters. The summed E-state index contributed by atoms with van der Waals surface area (Å²) in [4.78, 5) is 28.4. The monoisotopic (exact) mass is 473 g/mol. The average Bonchev–Trinajstić information content (AvgIpc) is 3.37. The van der Waals surface area contributed by atoms with Crippen molar-refractivity contribution in [2.24, 2.45) is 5.16 Å². The molecule has 2 aliphatic rings. The molecular weight excluding hydrogens is 449 g/mol. The Morgan fingerprint density at radius 2 is 2.15 bits per heavy atom. The Kier molecular flexibility index (Phi) is 6.28. The number of carbonyl (C=O) groups excluding carboxylic acids is 2. The van der Waals surface area contributed by atoms with E-state index in [4.69, 9.17) is 10.4 Å². The number of likely N-dealkylation sites (tertiary alicyclic amines) is 1. The first-order chi connectivity index (χ1) is 15.7. The highest BCUT2D eigenvalue weighted by Gasteiger charge is 2.39. The number of benzene rings is 1. The van der Waals surface area contributed by atoms with Crippen molar-refractivity contribution in [2.75, 3.05) is 25.9 Å². The molecule has 5 N–H and O–H groups in total. The maximum Gasteiger partial charge on any atom is 0.547 e. The fourth-order valence-corrected chi connectivity index (χ4v) is 5.04. The lowest BCUT2D eigenvalue weighted by atomic mass is 9.72. The predicted octanol–water partition coefficient (Wildman–Crippen LogP) is -0.853. The van der Waals surface area contributed by atoms with Crippen molar-refractivity contribution in [3.63, 3.8) is 0 Å². The third-order valence-electron chi connectivity index (χ3n) is 6.07. The number of rotatable bonds is 6. The van der Waals surface area contributed by atoms with Crippen LogP contribution in [0.4, 0.5) is 5.13 Å². The van der Waals surface area contributed by atoms with Crippen LogP contribution < -0.4 is 20.8 Å². The van der Waals surface area contributed by atoms with Gasteiger partial charge in [-0.3, -0.25) is 4.79 Å². The maximum absolute atomic E-state index is 12.7. The zero-order valence-corrected chi connectivity index (χ0v) is 18.8. The number of hydrogen-bond acceptors (Lipinski definition) is 10.